The maximum absolute atomic E-state index is 13.4. The third-order valence-electron chi connectivity index (χ3n) is 4.30. The molecule has 142 valence electrons. The van der Waals surface area contributed by atoms with Crippen molar-refractivity contribution in [3.8, 4) is 11.5 Å². The standard InChI is InChI=1S/C20H21FN2O4/c1-4-27-17-8-5-13(9-18(17)26-3)11-22(2)12-23-16-7-6-14(21)10-15(16)19(24)20(23)25/h5-10H,4,11-12H2,1-3H3. The smallest absolute Gasteiger partial charge is 0.300 e. The number of methoxy groups -OCH3 is 1. The summed E-state index contributed by atoms with van der Waals surface area (Å²) in [5, 5.41) is 0. The Kier molecular flexibility index (Phi) is 5.41. The normalized spacial score (nSPS) is 13.3. The lowest BCUT2D eigenvalue weighted by atomic mass is 10.1. The Bertz CT molecular complexity index is 884. The Labute approximate surface area is 157 Å². The van der Waals surface area contributed by atoms with Crippen molar-refractivity contribution >= 4 is 17.4 Å². The van der Waals surface area contributed by atoms with Gasteiger partial charge in [-0.05, 0) is 49.9 Å². The average Bonchev–Trinajstić information content (AvgIpc) is 2.87. The van der Waals surface area contributed by atoms with Crippen LogP contribution >= 0.6 is 0 Å². The average molecular weight is 372 g/mol. The van der Waals surface area contributed by atoms with Gasteiger partial charge in [-0.1, -0.05) is 6.07 Å². The van der Waals surface area contributed by atoms with Crippen molar-refractivity contribution in [1.82, 2.24) is 4.90 Å². The minimum absolute atomic E-state index is 0.108. The molecule has 2 aromatic carbocycles. The van der Waals surface area contributed by atoms with E-state index in [-0.39, 0.29) is 12.2 Å². The van der Waals surface area contributed by atoms with E-state index in [4.69, 9.17) is 9.47 Å². The zero-order chi connectivity index (χ0) is 19.6. The van der Waals surface area contributed by atoms with Gasteiger partial charge in [0, 0.05) is 6.54 Å². The Balaban J connectivity index is 1.74. The van der Waals surface area contributed by atoms with Crippen molar-refractivity contribution in [3.05, 3.63) is 53.3 Å². The van der Waals surface area contributed by atoms with E-state index in [9.17, 15) is 14.0 Å². The largest absolute Gasteiger partial charge is 0.493 e. The molecule has 27 heavy (non-hydrogen) atoms. The molecule has 0 unspecified atom stereocenters. The van der Waals surface area contributed by atoms with Gasteiger partial charge in [0.2, 0.25) is 0 Å². The number of hydrogen-bond donors (Lipinski definition) is 0. The fourth-order valence-corrected chi connectivity index (χ4v) is 3.10. The number of halogens is 1. The molecule has 0 bridgehead atoms. The molecule has 1 aliphatic rings. The lowest BCUT2D eigenvalue weighted by molar-refractivity contribution is -0.114. The summed E-state index contributed by atoms with van der Waals surface area (Å²) in [5.41, 5.74) is 1.51. The first-order chi connectivity index (χ1) is 12.9. The number of hydrogen-bond acceptors (Lipinski definition) is 5. The second kappa shape index (κ2) is 7.75. The minimum Gasteiger partial charge on any atom is -0.493 e. The summed E-state index contributed by atoms with van der Waals surface area (Å²) in [5.74, 6) is -0.558. The number of carbonyl (C=O) groups excluding carboxylic acids is 2. The molecule has 0 N–H and O–H groups in total. The van der Waals surface area contributed by atoms with E-state index in [0.29, 0.717) is 30.3 Å². The fourth-order valence-electron chi connectivity index (χ4n) is 3.10. The predicted molar refractivity (Wildman–Crippen MR) is 98.7 cm³/mol. The second-order valence-electron chi connectivity index (χ2n) is 6.30. The number of fused-ring (bicyclic) bond motifs is 1. The molecule has 0 aromatic heterocycles. The third kappa shape index (κ3) is 3.78. The zero-order valence-corrected chi connectivity index (χ0v) is 15.5. The molecular weight excluding hydrogens is 351 g/mol. The van der Waals surface area contributed by atoms with Crippen LogP contribution in [0.25, 0.3) is 0 Å². The Morgan fingerprint density at radius 2 is 1.89 bits per heavy atom. The first kappa shape index (κ1) is 18.8. The minimum atomic E-state index is -0.680. The van der Waals surface area contributed by atoms with Crippen molar-refractivity contribution in [1.29, 1.82) is 0 Å². The van der Waals surface area contributed by atoms with E-state index in [2.05, 4.69) is 0 Å². The van der Waals surface area contributed by atoms with Crippen LogP contribution in [-0.2, 0) is 11.3 Å². The molecule has 0 aliphatic carbocycles. The van der Waals surface area contributed by atoms with Gasteiger partial charge in [0.25, 0.3) is 5.78 Å². The summed E-state index contributed by atoms with van der Waals surface area (Å²) in [4.78, 5) is 27.6. The van der Waals surface area contributed by atoms with Gasteiger partial charge in [-0.2, -0.15) is 0 Å². The van der Waals surface area contributed by atoms with E-state index >= 15 is 0 Å². The van der Waals surface area contributed by atoms with Crippen molar-refractivity contribution in [3.63, 3.8) is 0 Å². The molecule has 1 amide bonds. The van der Waals surface area contributed by atoms with Crippen molar-refractivity contribution < 1.29 is 23.5 Å². The van der Waals surface area contributed by atoms with E-state index in [1.165, 1.54) is 17.0 Å². The van der Waals surface area contributed by atoms with Gasteiger partial charge < -0.3 is 9.47 Å². The highest BCUT2D eigenvalue weighted by Crippen LogP contribution is 2.31. The summed E-state index contributed by atoms with van der Waals surface area (Å²) in [6.45, 7) is 3.18. The van der Waals surface area contributed by atoms with Crippen LogP contribution in [0.3, 0.4) is 0 Å². The topological polar surface area (TPSA) is 59.1 Å². The highest BCUT2D eigenvalue weighted by atomic mass is 19.1. The zero-order valence-electron chi connectivity index (χ0n) is 15.5. The number of amides is 1. The number of anilines is 1. The van der Waals surface area contributed by atoms with Crippen molar-refractivity contribution in [2.75, 3.05) is 32.3 Å². The Hall–Kier alpha value is -2.93. The molecule has 0 saturated heterocycles. The van der Waals surface area contributed by atoms with Crippen LogP contribution in [-0.4, -0.2) is 44.0 Å². The van der Waals surface area contributed by atoms with Gasteiger partial charge in [0.05, 0.1) is 31.6 Å². The highest BCUT2D eigenvalue weighted by molar-refractivity contribution is 6.52. The van der Waals surface area contributed by atoms with E-state index in [1.807, 2.05) is 37.1 Å². The number of rotatable bonds is 7. The summed E-state index contributed by atoms with van der Waals surface area (Å²) >= 11 is 0. The van der Waals surface area contributed by atoms with Crippen LogP contribution in [0.4, 0.5) is 10.1 Å². The number of ether oxygens (including phenoxy) is 2. The molecule has 0 radical (unpaired) electrons. The van der Waals surface area contributed by atoms with E-state index < -0.39 is 17.5 Å². The number of Topliss-reactive ketones (excluding diaryl/α,β-unsaturated/α-hetero) is 1. The second-order valence-corrected chi connectivity index (χ2v) is 6.30. The van der Waals surface area contributed by atoms with Crippen molar-refractivity contribution in [2.45, 2.75) is 13.5 Å². The number of benzene rings is 2. The van der Waals surface area contributed by atoms with Gasteiger partial charge in [-0.25, -0.2) is 4.39 Å². The van der Waals surface area contributed by atoms with Crippen LogP contribution in [0.2, 0.25) is 0 Å². The first-order valence-corrected chi connectivity index (χ1v) is 8.58. The van der Waals surface area contributed by atoms with Gasteiger partial charge in [-0.3, -0.25) is 19.4 Å². The predicted octanol–water partition coefficient (Wildman–Crippen LogP) is 2.85. The number of nitrogens with zero attached hydrogens (tertiary/aromatic N) is 2. The Morgan fingerprint density at radius 3 is 2.59 bits per heavy atom. The van der Waals surface area contributed by atoms with Crippen LogP contribution in [0.15, 0.2) is 36.4 Å². The van der Waals surface area contributed by atoms with Crippen LogP contribution in [0.5, 0.6) is 11.5 Å². The van der Waals surface area contributed by atoms with Gasteiger partial charge in [0.15, 0.2) is 11.5 Å². The summed E-state index contributed by atoms with van der Waals surface area (Å²) < 4.78 is 24.2. The van der Waals surface area contributed by atoms with E-state index in [1.54, 1.807) is 7.11 Å². The molecule has 0 fully saturated rings. The quantitative estimate of drug-likeness (QED) is 0.700. The van der Waals surface area contributed by atoms with Gasteiger partial charge >= 0.3 is 5.91 Å². The first-order valence-electron chi connectivity index (χ1n) is 8.58. The van der Waals surface area contributed by atoms with E-state index in [0.717, 1.165) is 11.6 Å². The molecule has 0 atom stereocenters. The van der Waals surface area contributed by atoms with Gasteiger partial charge in [-0.15, -0.1) is 0 Å². The molecular formula is C20H21FN2O4. The maximum atomic E-state index is 13.4. The molecule has 0 spiro atoms. The molecule has 7 heteroatoms. The molecule has 1 aliphatic heterocycles. The lowest BCUT2D eigenvalue weighted by Crippen LogP contribution is -2.38. The number of carbonyl (C=O) groups is 2. The van der Waals surface area contributed by atoms with Crippen LogP contribution in [0, 0.1) is 5.82 Å². The number of ketones is 1. The summed E-state index contributed by atoms with van der Waals surface area (Å²) in [6, 6.07) is 9.45. The SMILES string of the molecule is CCOc1ccc(CN(C)CN2C(=O)C(=O)c3cc(F)ccc32)cc1OC. The highest BCUT2D eigenvalue weighted by Gasteiger charge is 2.36. The molecule has 6 nitrogen and oxygen atoms in total. The van der Waals surface area contributed by atoms with Crippen LogP contribution in [0.1, 0.15) is 22.8 Å². The molecule has 0 saturated carbocycles. The monoisotopic (exact) mass is 372 g/mol. The van der Waals surface area contributed by atoms with Crippen molar-refractivity contribution in [2.24, 2.45) is 0 Å². The fraction of sp³-hybridized carbons (Fsp3) is 0.300. The van der Waals surface area contributed by atoms with Crippen LogP contribution < -0.4 is 14.4 Å². The molecule has 1 heterocycles. The lowest BCUT2D eigenvalue weighted by Gasteiger charge is -2.24. The van der Waals surface area contributed by atoms with Gasteiger partial charge in [0.1, 0.15) is 5.82 Å². The molecule has 2 aromatic rings. The third-order valence-corrected chi connectivity index (χ3v) is 4.30. The summed E-state index contributed by atoms with van der Waals surface area (Å²) in [6.07, 6.45) is 0. The molecule has 3 rings (SSSR count). The summed E-state index contributed by atoms with van der Waals surface area (Å²) in [7, 11) is 3.41. The maximum Gasteiger partial charge on any atom is 0.300 e. The Morgan fingerprint density at radius 1 is 1.11 bits per heavy atom.